The summed E-state index contributed by atoms with van der Waals surface area (Å²) in [5, 5.41) is 4.48. The third-order valence-corrected chi connectivity index (χ3v) is 6.68. The lowest BCUT2D eigenvalue weighted by Crippen LogP contribution is -2.40. The van der Waals surface area contributed by atoms with Crippen molar-refractivity contribution in [3.05, 3.63) is 70.9 Å². The van der Waals surface area contributed by atoms with Gasteiger partial charge in [0.2, 0.25) is 11.8 Å². The zero-order valence-electron chi connectivity index (χ0n) is 17.4. The van der Waals surface area contributed by atoms with E-state index in [1.807, 2.05) is 42.2 Å². The van der Waals surface area contributed by atoms with Crippen molar-refractivity contribution in [3.63, 3.8) is 0 Å². The number of hydrogen-bond acceptors (Lipinski definition) is 2. The molecule has 5 heteroatoms. The van der Waals surface area contributed by atoms with E-state index in [9.17, 15) is 9.59 Å². The van der Waals surface area contributed by atoms with Gasteiger partial charge in [-0.25, -0.2) is 0 Å². The fraction of sp³-hybridized carbons (Fsp3) is 0.360. The molecule has 2 aliphatic rings. The van der Waals surface area contributed by atoms with Crippen LogP contribution in [0.2, 0.25) is 0 Å². The summed E-state index contributed by atoms with van der Waals surface area (Å²) in [6.07, 6.45) is 1.96. The van der Waals surface area contributed by atoms with Gasteiger partial charge in [-0.3, -0.25) is 9.59 Å². The van der Waals surface area contributed by atoms with Crippen molar-refractivity contribution < 1.29 is 9.59 Å². The first kappa shape index (κ1) is 18.9. The Morgan fingerprint density at radius 1 is 1.13 bits per heavy atom. The molecule has 2 heterocycles. The maximum Gasteiger partial charge on any atom is 0.225 e. The molecule has 2 aromatic carbocycles. The topological polar surface area (TPSA) is 65.2 Å². The molecule has 154 valence electrons. The summed E-state index contributed by atoms with van der Waals surface area (Å²) < 4.78 is 0. The Morgan fingerprint density at radius 3 is 2.73 bits per heavy atom. The van der Waals surface area contributed by atoms with Crippen molar-refractivity contribution in [2.75, 3.05) is 6.54 Å². The van der Waals surface area contributed by atoms with E-state index in [-0.39, 0.29) is 29.8 Å². The van der Waals surface area contributed by atoms with E-state index in [1.54, 1.807) is 0 Å². The summed E-state index contributed by atoms with van der Waals surface area (Å²) in [4.78, 5) is 30.9. The summed E-state index contributed by atoms with van der Waals surface area (Å²) >= 11 is 0. The highest BCUT2D eigenvalue weighted by atomic mass is 16.2. The molecule has 0 spiro atoms. The van der Waals surface area contributed by atoms with E-state index in [2.05, 4.69) is 35.4 Å². The molecule has 1 aromatic heterocycles. The van der Waals surface area contributed by atoms with Crippen LogP contribution in [0.5, 0.6) is 0 Å². The zero-order chi connectivity index (χ0) is 20.8. The number of hydrogen-bond donors (Lipinski definition) is 2. The molecule has 0 radical (unpaired) electrons. The zero-order valence-corrected chi connectivity index (χ0v) is 17.4. The van der Waals surface area contributed by atoms with Gasteiger partial charge >= 0.3 is 0 Å². The van der Waals surface area contributed by atoms with E-state index >= 15 is 0 Å². The first-order valence-corrected chi connectivity index (χ1v) is 10.7. The molecule has 3 unspecified atom stereocenters. The third kappa shape index (κ3) is 3.28. The Bertz CT molecular complexity index is 1120. The van der Waals surface area contributed by atoms with Crippen LogP contribution in [0.25, 0.3) is 10.9 Å². The summed E-state index contributed by atoms with van der Waals surface area (Å²) in [5.74, 6) is -0.215. The predicted molar refractivity (Wildman–Crippen MR) is 117 cm³/mol. The van der Waals surface area contributed by atoms with Crippen LogP contribution in [0, 0.1) is 12.8 Å². The average Bonchev–Trinajstić information content (AvgIpc) is 3.41. The van der Waals surface area contributed by atoms with Gasteiger partial charge in [0.05, 0.1) is 12.0 Å². The van der Waals surface area contributed by atoms with Gasteiger partial charge in [-0.15, -0.1) is 0 Å². The van der Waals surface area contributed by atoms with Crippen LogP contribution in [0.3, 0.4) is 0 Å². The molecule has 5 rings (SSSR count). The largest absolute Gasteiger partial charge is 0.358 e. The molecule has 2 N–H and O–H groups in total. The fourth-order valence-electron chi connectivity index (χ4n) is 5.00. The monoisotopic (exact) mass is 401 g/mol. The van der Waals surface area contributed by atoms with Gasteiger partial charge in [-0.1, -0.05) is 42.0 Å². The van der Waals surface area contributed by atoms with Gasteiger partial charge in [-0.05, 0) is 43.5 Å². The van der Waals surface area contributed by atoms with E-state index in [0.29, 0.717) is 13.0 Å². The van der Waals surface area contributed by atoms with Crippen molar-refractivity contribution in [1.29, 1.82) is 0 Å². The van der Waals surface area contributed by atoms with E-state index in [0.717, 1.165) is 18.4 Å². The number of fused-ring (bicyclic) bond motifs is 3. The van der Waals surface area contributed by atoms with Gasteiger partial charge in [0.15, 0.2) is 0 Å². The van der Waals surface area contributed by atoms with Gasteiger partial charge in [0.25, 0.3) is 0 Å². The van der Waals surface area contributed by atoms with Gasteiger partial charge in [0.1, 0.15) is 0 Å². The third-order valence-electron chi connectivity index (χ3n) is 6.68. The number of H-pyrrole nitrogens is 1. The summed E-state index contributed by atoms with van der Waals surface area (Å²) in [5.41, 5.74) is 6.06. The number of aromatic amines is 1. The maximum atomic E-state index is 12.9. The van der Waals surface area contributed by atoms with Crippen LogP contribution < -0.4 is 5.32 Å². The first-order valence-electron chi connectivity index (χ1n) is 10.7. The molecule has 1 aliphatic heterocycles. The number of carbonyl (C=O) groups excluding carboxylic acids is 2. The van der Waals surface area contributed by atoms with Crippen LogP contribution in [0.1, 0.15) is 41.8 Å². The minimum atomic E-state index is -0.276. The van der Waals surface area contributed by atoms with E-state index in [4.69, 9.17) is 0 Å². The van der Waals surface area contributed by atoms with Crippen molar-refractivity contribution in [3.8, 4) is 0 Å². The lowest BCUT2D eigenvalue weighted by Gasteiger charge is -2.25. The highest BCUT2D eigenvalue weighted by molar-refractivity contribution is 5.90. The Morgan fingerprint density at radius 2 is 1.93 bits per heavy atom. The number of aryl methyl sites for hydroxylation is 1. The Balaban J connectivity index is 1.24. The molecule has 0 bridgehead atoms. The number of carbonyl (C=O) groups is 2. The second kappa shape index (κ2) is 7.31. The van der Waals surface area contributed by atoms with E-state index < -0.39 is 0 Å². The molecule has 3 atom stereocenters. The van der Waals surface area contributed by atoms with E-state index in [1.165, 1.54) is 27.7 Å². The van der Waals surface area contributed by atoms with Gasteiger partial charge < -0.3 is 15.2 Å². The average molecular weight is 402 g/mol. The molecular weight excluding hydrogens is 374 g/mol. The van der Waals surface area contributed by atoms with Crippen molar-refractivity contribution >= 4 is 22.7 Å². The Labute approximate surface area is 176 Å². The van der Waals surface area contributed by atoms with Crippen molar-refractivity contribution in [2.24, 2.45) is 5.92 Å². The second-order valence-electron chi connectivity index (χ2n) is 8.78. The predicted octanol–water partition coefficient (Wildman–Crippen LogP) is 3.67. The number of nitrogens with zero attached hydrogens (tertiary/aromatic N) is 1. The Hall–Kier alpha value is -3.08. The van der Waals surface area contributed by atoms with Gasteiger partial charge in [0, 0.05) is 42.0 Å². The summed E-state index contributed by atoms with van der Waals surface area (Å²) in [6.45, 7) is 4.62. The van der Waals surface area contributed by atoms with Crippen molar-refractivity contribution in [2.45, 2.75) is 45.2 Å². The molecule has 2 amide bonds. The van der Waals surface area contributed by atoms with Crippen LogP contribution >= 0.6 is 0 Å². The smallest absolute Gasteiger partial charge is 0.225 e. The number of aromatic nitrogens is 1. The lowest BCUT2D eigenvalue weighted by atomic mass is 10.1. The summed E-state index contributed by atoms with van der Waals surface area (Å²) in [6, 6.07) is 16.5. The minimum Gasteiger partial charge on any atom is -0.358 e. The molecule has 0 saturated carbocycles. The van der Waals surface area contributed by atoms with Crippen LogP contribution in [0.4, 0.5) is 0 Å². The highest BCUT2D eigenvalue weighted by Crippen LogP contribution is 2.32. The number of nitrogens with one attached hydrogen (secondary N) is 2. The standard InChI is InChI=1S/C25H27N3O2/c1-15-8-9-22-20(10-15)21-12-19(13-23(21)27-22)26-25(30)18-11-24(29)28(14-18)16(2)17-6-4-3-5-7-17/h3-10,16,18-19,27H,11-14H2,1-2H3,(H,26,30). The molecule has 30 heavy (non-hydrogen) atoms. The lowest BCUT2D eigenvalue weighted by molar-refractivity contribution is -0.130. The quantitative estimate of drug-likeness (QED) is 0.701. The molecule has 1 aliphatic carbocycles. The molecule has 3 aromatic rings. The number of amides is 2. The fourth-order valence-corrected chi connectivity index (χ4v) is 5.00. The second-order valence-corrected chi connectivity index (χ2v) is 8.78. The SMILES string of the molecule is Cc1ccc2[nH]c3c(c2c1)CC(NC(=O)C1CC(=O)N(C(C)c2ccccc2)C1)C3. The number of benzene rings is 2. The minimum absolute atomic E-state index is 0.00162. The molecule has 1 fully saturated rings. The van der Waals surface area contributed by atoms with Crippen LogP contribution in [-0.2, 0) is 22.4 Å². The molecule has 1 saturated heterocycles. The van der Waals surface area contributed by atoms with Crippen LogP contribution in [0.15, 0.2) is 48.5 Å². The highest BCUT2D eigenvalue weighted by Gasteiger charge is 2.38. The normalized spacial score (nSPS) is 21.8. The summed E-state index contributed by atoms with van der Waals surface area (Å²) in [7, 11) is 0. The molecule has 5 nitrogen and oxygen atoms in total. The maximum absolute atomic E-state index is 12.9. The first-order chi connectivity index (χ1) is 14.5. The molecular formula is C25H27N3O2. The van der Waals surface area contributed by atoms with Crippen molar-refractivity contribution in [1.82, 2.24) is 15.2 Å². The van der Waals surface area contributed by atoms with Gasteiger partial charge in [-0.2, -0.15) is 0 Å². The number of rotatable bonds is 4. The van der Waals surface area contributed by atoms with Crippen LogP contribution in [-0.4, -0.2) is 34.3 Å². The Kier molecular flexibility index (Phi) is 4.61. The number of likely N-dealkylation sites (tertiary alicyclic amines) is 1.